The molecule has 0 radical (unpaired) electrons. The van der Waals surface area contributed by atoms with Crippen LogP contribution in [0.25, 0.3) is 0 Å². The minimum absolute atomic E-state index is 0.0416. The number of nitrogens with two attached hydrogens (primary N) is 1. The van der Waals surface area contributed by atoms with Gasteiger partial charge in [-0.25, -0.2) is 0 Å². The van der Waals surface area contributed by atoms with Crippen LogP contribution in [0.5, 0.6) is 5.75 Å². The molecule has 0 fully saturated rings. The molecule has 0 aliphatic rings. The number of amidine groups is 1. The molecule has 0 aromatic heterocycles. The summed E-state index contributed by atoms with van der Waals surface area (Å²) in [6.07, 6.45) is 0.439. The van der Waals surface area contributed by atoms with Crippen LogP contribution < -0.4 is 15.8 Å². The number of halogens is 2. The molecule has 1 aromatic rings. The Balaban J connectivity index is 2.72. The smallest absolute Gasteiger partial charge is 0.387 e. The van der Waals surface area contributed by atoms with Crippen LogP contribution in [0.4, 0.5) is 8.78 Å². The molecule has 0 bridgehead atoms. The number of ether oxygens (including phenoxy) is 1. The van der Waals surface area contributed by atoms with Crippen molar-refractivity contribution in [2.75, 3.05) is 0 Å². The standard InChI is InChI=1S/C12H15F2N3O3/c1-2-9(10(15)17-19)16-11(18)7-3-5-8(6-4-7)20-12(13)14/h3-6,9,12,19H,2H2,1H3,(H2,15,17)(H,16,18). The first kappa shape index (κ1) is 15.7. The van der Waals surface area contributed by atoms with Crippen LogP contribution >= 0.6 is 0 Å². The van der Waals surface area contributed by atoms with Crippen molar-refractivity contribution in [1.29, 1.82) is 0 Å². The number of nitrogens with zero attached hydrogens (tertiary/aromatic N) is 1. The molecule has 0 aliphatic heterocycles. The second-order valence-electron chi connectivity index (χ2n) is 3.86. The predicted molar refractivity (Wildman–Crippen MR) is 68.0 cm³/mol. The number of hydrogen-bond acceptors (Lipinski definition) is 4. The van der Waals surface area contributed by atoms with Gasteiger partial charge in [0.15, 0.2) is 5.84 Å². The summed E-state index contributed by atoms with van der Waals surface area (Å²) >= 11 is 0. The first-order valence-corrected chi connectivity index (χ1v) is 5.81. The van der Waals surface area contributed by atoms with Gasteiger partial charge in [-0.1, -0.05) is 12.1 Å². The minimum Gasteiger partial charge on any atom is -0.435 e. The molecule has 1 rings (SSSR count). The Bertz CT molecular complexity index is 477. The molecule has 110 valence electrons. The van der Waals surface area contributed by atoms with Crippen molar-refractivity contribution in [2.45, 2.75) is 26.0 Å². The first-order chi connectivity index (χ1) is 9.47. The van der Waals surface area contributed by atoms with E-state index in [1.165, 1.54) is 24.3 Å². The lowest BCUT2D eigenvalue weighted by Crippen LogP contribution is -2.44. The van der Waals surface area contributed by atoms with Gasteiger partial charge in [-0.05, 0) is 30.7 Å². The monoisotopic (exact) mass is 287 g/mol. The SMILES string of the molecule is CCC(NC(=O)c1ccc(OC(F)F)cc1)/C(N)=N/O. The number of amides is 1. The Labute approximate surface area is 114 Å². The number of rotatable bonds is 6. The van der Waals surface area contributed by atoms with Gasteiger partial charge in [-0.15, -0.1) is 0 Å². The number of nitrogens with one attached hydrogen (secondary N) is 1. The van der Waals surface area contributed by atoms with Gasteiger partial charge in [-0.2, -0.15) is 8.78 Å². The van der Waals surface area contributed by atoms with Gasteiger partial charge in [0.25, 0.3) is 5.91 Å². The Morgan fingerprint density at radius 3 is 2.50 bits per heavy atom. The van der Waals surface area contributed by atoms with Gasteiger partial charge in [0.1, 0.15) is 5.75 Å². The largest absolute Gasteiger partial charge is 0.435 e. The van der Waals surface area contributed by atoms with Crippen LogP contribution in [0.3, 0.4) is 0 Å². The average molecular weight is 287 g/mol. The van der Waals surface area contributed by atoms with Crippen molar-refractivity contribution in [3.63, 3.8) is 0 Å². The summed E-state index contributed by atoms with van der Waals surface area (Å²) < 4.78 is 28.1. The Morgan fingerprint density at radius 1 is 1.45 bits per heavy atom. The zero-order chi connectivity index (χ0) is 15.1. The van der Waals surface area contributed by atoms with Crippen molar-refractivity contribution in [3.05, 3.63) is 29.8 Å². The highest BCUT2D eigenvalue weighted by Crippen LogP contribution is 2.15. The van der Waals surface area contributed by atoms with Crippen molar-refractivity contribution in [1.82, 2.24) is 5.32 Å². The van der Waals surface area contributed by atoms with Gasteiger partial charge in [0, 0.05) is 5.56 Å². The summed E-state index contributed by atoms with van der Waals surface area (Å²) in [5.41, 5.74) is 5.66. The zero-order valence-corrected chi connectivity index (χ0v) is 10.7. The Hall–Kier alpha value is -2.38. The number of alkyl halides is 2. The van der Waals surface area contributed by atoms with Crippen LogP contribution in [0.2, 0.25) is 0 Å². The van der Waals surface area contributed by atoms with E-state index in [9.17, 15) is 13.6 Å². The molecule has 0 saturated heterocycles. The molecule has 1 amide bonds. The van der Waals surface area contributed by atoms with E-state index < -0.39 is 18.6 Å². The van der Waals surface area contributed by atoms with Crippen molar-refractivity contribution >= 4 is 11.7 Å². The summed E-state index contributed by atoms with van der Waals surface area (Å²) in [7, 11) is 0. The summed E-state index contributed by atoms with van der Waals surface area (Å²) in [6, 6.07) is 4.58. The molecule has 1 unspecified atom stereocenters. The third-order valence-electron chi connectivity index (χ3n) is 2.53. The van der Waals surface area contributed by atoms with E-state index in [4.69, 9.17) is 10.9 Å². The van der Waals surface area contributed by atoms with E-state index >= 15 is 0 Å². The van der Waals surface area contributed by atoms with E-state index in [2.05, 4.69) is 15.2 Å². The quantitative estimate of drug-likeness (QED) is 0.320. The average Bonchev–Trinajstić information content (AvgIpc) is 2.43. The maximum absolute atomic E-state index is 12.0. The number of oxime groups is 1. The van der Waals surface area contributed by atoms with Gasteiger partial charge in [0.05, 0.1) is 6.04 Å². The topological polar surface area (TPSA) is 96.9 Å². The van der Waals surface area contributed by atoms with E-state index in [-0.39, 0.29) is 17.1 Å². The summed E-state index contributed by atoms with van der Waals surface area (Å²) in [4.78, 5) is 11.9. The number of hydrogen-bond donors (Lipinski definition) is 3. The summed E-state index contributed by atoms with van der Waals surface area (Å²) in [5, 5.41) is 13.9. The highest BCUT2D eigenvalue weighted by atomic mass is 19.3. The van der Waals surface area contributed by atoms with E-state index in [1.807, 2.05) is 0 Å². The van der Waals surface area contributed by atoms with Gasteiger partial charge in [-0.3, -0.25) is 4.79 Å². The molecule has 0 heterocycles. The molecule has 0 aliphatic carbocycles. The van der Waals surface area contributed by atoms with Gasteiger partial charge < -0.3 is 21.0 Å². The normalized spacial score (nSPS) is 13.1. The molecule has 6 nitrogen and oxygen atoms in total. The highest BCUT2D eigenvalue weighted by molar-refractivity contribution is 5.98. The van der Waals surface area contributed by atoms with Crippen molar-refractivity contribution in [2.24, 2.45) is 10.9 Å². The van der Waals surface area contributed by atoms with Crippen LogP contribution in [0, 0.1) is 0 Å². The predicted octanol–water partition coefficient (Wildman–Crippen LogP) is 1.54. The van der Waals surface area contributed by atoms with Crippen molar-refractivity contribution in [3.8, 4) is 5.75 Å². The molecule has 4 N–H and O–H groups in total. The van der Waals surface area contributed by atoms with Crippen LogP contribution in [-0.4, -0.2) is 29.6 Å². The lowest BCUT2D eigenvalue weighted by molar-refractivity contribution is -0.0498. The van der Waals surface area contributed by atoms with Gasteiger partial charge >= 0.3 is 6.61 Å². The highest BCUT2D eigenvalue weighted by Gasteiger charge is 2.16. The molecule has 0 spiro atoms. The van der Waals surface area contributed by atoms with Crippen LogP contribution in [0.1, 0.15) is 23.7 Å². The summed E-state index contributed by atoms with van der Waals surface area (Å²) in [5.74, 6) is -0.620. The maximum atomic E-state index is 12.0. The Kier molecular flexibility index (Phi) is 5.70. The minimum atomic E-state index is -2.92. The Morgan fingerprint density at radius 2 is 2.05 bits per heavy atom. The van der Waals surface area contributed by atoms with Crippen molar-refractivity contribution < 1.29 is 23.5 Å². The lowest BCUT2D eigenvalue weighted by Gasteiger charge is -2.15. The fourth-order valence-electron chi connectivity index (χ4n) is 1.48. The number of carbonyl (C=O) groups excluding carboxylic acids is 1. The fourth-order valence-corrected chi connectivity index (χ4v) is 1.48. The summed E-state index contributed by atoms with van der Waals surface area (Å²) in [6.45, 7) is -1.16. The molecular weight excluding hydrogens is 272 g/mol. The van der Waals surface area contributed by atoms with E-state index in [0.29, 0.717) is 6.42 Å². The number of benzene rings is 1. The molecule has 8 heteroatoms. The molecular formula is C12H15F2N3O3. The van der Waals surface area contributed by atoms with Gasteiger partial charge in [0.2, 0.25) is 0 Å². The van der Waals surface area contributed by atoms with E-state index in [0.717, 1.165) is 0 Å². The molecule has 1 atom stereocenters. The number of carbonyl (C=O) groups is 1. The third kappa shape index (κ3) is 4.38. The van der Waals surface area contributed by atoms with Crippen LogP contribution in [0.15, 0.2) is 29.4 Å². The second-order valence-corrected chi connectivity index (χ2v) is 3.86. The van der Waals surface area contributed by atoms with E-state index in [1.54, 1.807) is 6.92 Å². The maximum Gasteiger partial charge on any atom is 0.387 e. The first-order valence-electron chi connectivity index (χ1n) is 5.81. The second kappa shape index (κ2) is 7.27. The molecule has 20 heavy (non-hydrogen) atoms. The zero-order valence-electron chi connectivity index (χ0n) is 10.7. The lowest BCUT2D eigenvalue weighted by atomic mass is 10.1. The fraction of sp³-hybridized carbons (Fsp3) is 0.333. The molecule has 0 saturated carbocycles. The third-order valence-corrected chi connectivity index (χ3v) is 2.53. The molecule has 1 aromatic carbocycles. The van der Waals surface area contributed by atoms with Crippen LogP contribution in [-0.2, 0) is 0 Å².